The fraction of sp³-hybridized carbons (Fsp3) is 0. The van der Waals surface area contributed by atoms with Crippen LogP contribution in [-0.2, 0) is 0 Å². The molecule has 0 bridgehead atoms. The molecule has 0 aliphatic carbocycles. The minimum absolute atomic E-state index is 0.0267. The molecular weight excluding hydrogens is 372 g/mol. The summed E-state index contributed by atoms with van der Waals surface area (Å²) in [4.78, 5) is 22.3. The Kier molecular flexibility index (Phi) is 4.51. The van der Waals surface area contributed by atoms with Crippen molar-refractivity contribution in [2.75, 3.05) is 0 Å². The molecule has 29 heavy (non-hydrogen) atoms. The number of rotatable bonds is 4. The molecule has 0 unspecified atom stereocenters. The zero-order chi connectivity index (χ0) is 20.4. The van der Waals surface area contributed by atoms with Crippen molar-refractivity contribution in [3.05, 3.63) is 98.9 Å². The topological polar surface area (TPSA) is 106 Å². The normalized spacial score (nSPS) is 10.4. The van der Waals surface area contributed by atoms with Crippen molar-refractivity contribution >= 4 is 16.7 Å². The summed E-state index contributed by atoms with van der Waals surface area (Å²) in [6, 6.07) is 21.5. The molecule has 4 aromatic rings. The summed E-state index contributed by atoms with van der Waals surface area (Å²) in [5.74, 6) is 0.496. The van der Waals surface area contributed by atoms with Gasteiger partial charge in [-0.05, 0) is 29.3 Å². The van der Waals surface area contributed by atoms with Crippen LogP contribution in [0.2, 0.25) is 0 Å². The van der Waals surface area contributed by atoms with Gasteiger partial charge in [-0.25, -0.2) is 4.79 Å². The zero-order valence-electron chi connectivity index (χ0n) is 14.9. The van der Waals surface area contributed by atoms with E-state index in [-0.39, 0.29) is 17.0 Å². The molecule has 0 fully saturated rings. The van der Waals surface area contributed by atoms with E-state index >= 15 is 0 Å². The Morgan fingerprint density at radius 3 is 2.52 bits per heavy atom. The second-order valence-corrected chi connectivity index (χ2v) is 6.15. The van der Waals surface area contributed by atoms with Crippen LogP contribution in [0.3, 0.4) is 0 Å². The third kappa shape index (κ3) is 3.55. The fourth-order valence-electron chi connectivity index (χ4n) is 3.00. The van der Waals surface area contributed by atoms with Gasteiger partial charge in [-0.3, -0.25) is 10.1 Å². The molecule has 1 aromatic heterocycles. The van der Waals surface area contributed by atoms with Gasteiger partial charge in [0.1, 0.15) is 28.7 Å². The molecule has 140 valence electrons. The minimum atomic E-state index is -0.583. The summed E-state index contributed by atoms with van der Waals surface area (Å²) in [6.07, 6.45) is 0. The van der Waals surface area contributed by atoms with Crippen LogP contribution in [0.5, 0.6) is 11.5 Å². The van der Waals surface area contributed by atoms with Gasteiger partial charge in [0.25, 0.3) is 5.69 Å². The molecule has 0 saturated carbocycles. The van der Waals surface area contributed by atoms with Crippen molar-refractivity contribution < 1.29 is 14.1 Å². The molecule has 0 N–H and O–H groups in total. The van der Waals surface area contributed by atoms with E-state index in [4.69, 9.17) is 9.15 Å². The Morgan fingerprint density at radius 1 is 1.00 bits per heavy atom. The Morgan fingerprint density at radius 2 is 1.79 bits per heavy atom. The number of nitro benzene ring substituents is 1. The lowest BCUT2D eigenvalue weighted by molar-refractivity contribution is -0.384. The van der Waals surface area contributed by atoms with Crippen LogP contribution in [0, 0.1) is 21.4 Å². The highest BCUT2D eigenvalue weighted by atomic mass is 16.6. The highest BCUT2D eigenvalue weighted by Crippen LogP contribution is 2.33. The van der Waals surface area contributed by atoms with Gasteiger partial charge in [-0.2, -0.15) is 5.26 Å². The lowest BCUT2D eigenvalue weighted by Gasteiger charge is -2.10. The van der Waals surface area contributed by atoms with Crippen molar-refractivity contribution in [2.24, 2.45) is 0 Å². The largest absolute Gasteiger partial charge is 0.456 e. The maximum atomic E-state index is 12.0. The van der Waals surface area contributed by atoms with Gasteiger partial charge >= 0.3 is 5.63 Å². The maximum absolute atomic E-state index is 12.0. The SMILES string of the molecule is N#Cc1cc([N+](=O)[O-])ccc1Oc1ccc2c(-c3ccccc3)cc(=O)oc2c1. The fourth-order valence-corrected chi connectivity index (χ4v) is 3.00. The Hall–Kier alpha value is -4.44. The standard InChI is InChI=1S/C22H12N2O5/c23-13-15-10-16(24(26)27)6-9-20(15)28-17-7-8-18-19(14-4-2-1-3-5-14)12-22(25)29-21(18)11-17/h1-12H. The first kappa shape index (κ1) is 17.9. The van der Waals surface area contributed by atoms with Crippen molar-refractivity contribution in [1.82, 2.24) is 0 Å². The lowest BCUT2D eigenvalue weighted by atomic mass is 10.0. The predicted octanol–water partition coefficient (Wildman–Crippen LogP) is 5.03. The summed E-state index contributed by atoms with van der Waals surface area (Å²) in [6.45, 7) is 0. The molecule has 0 aliphatic rings. The van der Waals surface area contributed by atoms with E-state index in [0.29, 0.717) is 11.3 Å². The van der Waals surface area contributed by atoms with Crippen LogP contribution in [0.25, 0.3) is 22.1 Å². The van der Waals surface area contributed by atoms with Gasteiger partial charge in [0.15, 0.2) is 0 Å². The first-order valence-corrected chi connectivity index (χ1v) is 8.55. The molecule has 4 rings (SSSR count). The minimum Gasteiger partial charge on any atom is -0.456 e. The Balaban J connectivity index is 1.77. The smallest absolute Gasteiger partial charge is 0.336 e. The number of nitriles is 1. The maximum Gasteiger partial charge on any atom is 0.336 e. The van der Waals surface area contributed by atoms with E-state index in [1.807, 2.05) is 36.4 Å². The summed E-state index contributed by atoms with van der Waals surface area (Å²) < 4.78 is 11.0. The average Bonchev–Trinajstić information content (AvgIpc) is 2.73. The van der Waals surface area contributed by atoms with Gasteiger partial charge < -0.3 is 9.15 Å². The van der Waals surface area contributed by atoms with Gasteiger partial charge in [-0.15, -0.1) is 0 Å². The van der Waals surface area contributed by atoms with Crippen LogP contribution < -0.4 is 10.4 Å². The van der Waals surface area contributed by atoms with E-state index in [2.05, 4.69) is 0 Å². The van der Waals surface area contributed by atoms with Crippen molar-refractivity contribution in [3.8, 4) is 28.7 Å². The molecule has 1 heterocycles. The number of hydrogen-bond donors (Lipinski definition) is 0. The van der Waals surface area contributed by atoms with E-state index < -0.39 is 10.5 Å². The van der Waals surface area contributed by atoms with Crippen molar-refractivity contribution in [1.29, 1.82) is 5.26 Å². The zero-order valence-corrected chi connectivity index (χ0v) is 14.9. The highest BCUT2D eigenvalue weighted by molar-refractivity contribution is 5.93. The van der Waals surface area contributed by atoms with Gasteiger partial charge in [0.2, 0.25) is 0 Å². The third-order valence-electron chi connectivity index (χ3n) is 4.32. The molecule has 0 atom stereocenters. The van der Waals surface area contributed by atoms with Crippen LogP contribution in [0.1, 0.15) is 5.56 Å². The van der Waals surface area contributed by atoms with E-state index in [9.17, 15) is 20.2 Å². The molecule has 7 heteroatoms. The molecule has 0 saturated heterocycles. The van der Waals surface area contributed by atoms with Crippen LogP contribution >= 0.6 is 0 Å². The second kappa shape index (κ2) is 7.29. The van der Waals surface area contributed by atoms with Gasteiger partial charge in [-0.1, -0.05) is 30.3 Å². The van der Waals surface area contributed by atoms with Crippen molar-refractivity contribution in [2.45, 2.75) is 0 Å². The van der Waals surface area contributed by atoms with Crippen molar-refractivity contribution in [3.63, 3.8) is 0 Å². The molecule has 0 aliphatic heterocycles. The summed E-state index contributed by atoms with van der Waals surface area (Å²) in [5, 5.41) is 20.9. The lowest BCUT2D eigenvalue weighted by Crippen LogP contribution is -1.98. The number of nitrogens with zero attached hydrogens (tertiary/aromatic N) is 2. The van der Waals surface area contributed by atoms with E-state index in [1.54, 1.807) is 18.2 Å². The van der Waals surface area contributed by atoms with E-state index in [0.717, 1.165) is 22.6 Å². The quantitative estimate of drug-likeness (QED) is 0.277. The first-order chi connectivity index (χ1) is 14.0. The molecule has 0 radical (unpaired) electrons. The highest BCUT2D eigenvalue weighted by Gasteiger charge is 2.14. The number of benzene rings is 3. The average molecular weight is 384 g/mol. The molecule has 7 nitrogen and oxygen atoms in total. The van der Waals surface area contributed by atoms with Crippen LogP contribution in [-0.4, -0.2) is 4.92 Å². The third-order valence-corrected chi connectivity index (χ3v) is 4.32. The Bertz CT molecular complexity index is 1340. The molecule has 0 amide bonds. The second-order valence-electron chi connectivity index (χ2n) is 6.15. The number of ether oxygens (including phenoxy) is 1. The summed E-state index contributed by atoms with van der Waals surface area (Å²) >= 11 is 0. The van der Waals surface area contributed by atoms with Gasteiger partial charge in [0, 0.05) is 29.7 Å². The number of hydrogen-bond acceptors (Lipinski definition) is 6. The van der Waals surface area contributed by atoms with E-state index in [1.165, 1.54) is 18.2 Å². The monoisotopic (exact) mass is 384 g/mol. The Labute approximate surface area is 164 Å². The van der Waals surface area contributed by atoms with Crippen LogP contribution in [0.4, 0.5) is 5.69 Å². The first-order valence-electron chi connectivity index (χ1n) is 8.55. The molecule has 0 spiro atoms. The number of fused-ring (bicyclic) bond motifs is 1. The van der Waals surface area contributed by atoms with Gasteiger partial charge in [0.05, 0.1) is 4.92 Å². The molecular formula is C22H12N2O5. The number of non-ortho nitro benzene ring substituents is 1. The summed E-state index contributed by atoms with van der Waals surface area (Å²) in [5.41, 5.74) is 1.26. The molecule has 3 aromatic carbocycles. The summed E-state index contributed by atoms with van der Waals surface area (Å²) in [7, 11) is 0. The number of nitro groups is 1. The predicted molar refractivity (Wildman–Crippen MR) is 106 cm³/mol. The van der Waals surface area contributed by atoms with Crippen LogP contribution in [0.15, 0.2) is 82.0 Å².